The summed E-state index contributed by atoms with van der Waals surface area (Å²) in [5, 5.41) is 14.7. The molecule has 0 aliphatic rings. The normalized spacial score (nSPS) is 12.5. The highest BCUT2D eigenvalue weighted by atomic mass is 79.9. The quantitative estimate of drug-likeness (QED) is 0.792. The average Bonchev–Trinajstić information content (AvgIpc) is 2.87. The van der Waals surface area contributed by atoms with Gasteiger partial charge in [0.2, 0.25) is 0 Å². The zero-order chi connectivity index (χ0) is 15.1. The summed E-state index contributed by atoms with van der Waals surface area (Å²) in [6, 6.07) is 10.3. The number of hydrogen-bond acceptors (Lipinski definition) is 3. The molecule has 0 saturated carbocycles. The van der Waals surface area contributed by atoms with Crippen molar-refractivity contribution in [2.45, 2.75) is 31.9 Å². The Labute approximate surface area is 133 Å². The number of nitrogens with zero attached hydrogens (tertiary/aromatic N) is 2. The molecule has 1 N–H and O–H groups in total. The molecule has 21 heavy (non-hydrogen) atoms. The molecule has 0 spiro atoms. The second-order valence-corrected chi connectivity index (χ2v) is 5.84. The fourth-order valence-electron chi connectivity index (χ4n) is 2.34. The van der Waals surface area contributed by atoms with Gasteiger partial charge in [-0.2, -0.15) is 5.10 Å². The van der Waals surface area contributed by atoms with E-state index in [0.29, 0.717) is 19.6 Å². The van der Waals surface area contributed by atoms with Gasteiger partial charge in [0, 0.05) is 7.11 Å². The largest absolute Gasteiger partial charge is 0.387 e. The molecule has 1 unspecified atom stereocenters. The third kappa shape index (κ3) is 4.66. The SMILES string of the molecule is COCCn1ncc(Br)c1C(O)CCCc1ccccc1. The van der Waals surface area contributed by atoms with Crippen LogP contribution in [0, 0.1) is 0 Å². The van der Waals surface area contributed by atoms with Crippen molar-refractivity contribution in [3.8, 4) is 0 Å². The Balaban J connectivity index is 1.90. The molecule has 0 radical (unpaired) electrons. The van der Waals surface area contributed by atoms with Crippen LogP contribution >= 0.6 is 15.9 Å². The van der Waals surface area contributed by atoms with E-state index in [-0.39, 0.29) is 0 Å². The minimum absolute atomic E-state index is 0.512. The number of methoxy groups -OCH3 is 1. The van der Waals surface area contributed by atoms with Crippen LogP contribution in [0.2, 0.25) is 0 Å². The molecular formula is C16H21BrN2O2. The van der Waals surface area contributed by atoms with Crippen molar-refractivity contribution < 1.29 is 9.84 Å². The summed E-state index contributed by atoms with van der Waals surface area (Å²) in [5.74, 6) is 0. The van der Waals surface area contributed by atoms with E-state index in [9.17, 15) is 5.11 Å². The van der Waals surface area contributed by atoms with Crippen molar-refractivity contribution in [1.82, 2.24) is 9.78 Å². The first kappa shape index (κ1) is 16.2. The van der Waals surface area contributed by atoms with Crippen LogP contribution in [0.25, 0.3) is 0 Å². The van der Waals surface area contributed by atoms with Crippen LogP contribution in [0.3, 0.4) is 0 Å². The zero-order valence-electron chi connectivity index (χ0n) is 12.2. The van der Waals surface area contributed by atoms with Gasteiger partial charge in [-0.3, -0.25) is 4.68 Å². The molecule has 1 aromatic heterocycles. The van der Waals surface area contributed by atoms with Crippen molar-refractivity contribution >= 4 is 15.9 Å². The third-order valence-electron chi connectivity index (χ3n) is 3.44. The number of aryl methyl sites for hydroxylation is 1. The molecule has 1 heterocycles. The summed E-state index contributed by atoms with van der Waals surface area (Å²) < 4.78 is 7.73. The van der Waals surface area contributed by atoms with Gasteiger partial charge in [-0.05, 0) is 40.8 Å². The van der Waals surface area contributed by atoms with Crippen molar-refractivity contribution in [3.05, 3.63) is 52.3 Å². The van der Waals surface area contributed by atoms with Crippen LogP contribution < -0.4 is 0 Å². The fourth-order valence-corrected chi connectivity index (χ4v) is 2.90. The maximum atomic E-state index is 10.4. The summed E-state index contributed by atoms with van der Waals surface area (Å²) in [6.45, 7) is 1.23. The second-order valence-electron chi connectivity index (χ2n) is 4.99. The van der Waals surface area contributed by atoms with Gasteiger partial charge >= 0.3 is 0 Å². The maximum absolute atomic E-state index is 10.4. The Hall–Kier alpha value is -1.17. The first-order valence-corrected chi connectivity index (χ1v) is 7.93. The monoisotopic (exact) mass is 352 g/mol. The van der Waals surface area contributed by atoms with E-state index < -0.39 is 6.10 Å². The van der Waals surface area contributed by atoms with Crippen LogP contribution in [0.4, 0.5) is 0 Å². The molecule has 0 fully saturated rings. The lowest BCUT2D eigenvalue weighted by molar-refractivity contribution is 0.143. The predicted octanol–water partition coefficient (Wildman–Crippen LogP) is 3.35. The first-order valence-electron chi connectivity index (χ1n) is 7.14. The summed E-state index contributed by atoms with van der Waals surface area (Å²) in [4.78, 5) is 0. The van der Waals surface area contributed by atoms with Gasteiger partial charge in [0.25, 0.3) is 0 Å². The molecule has 0 aliphatic heterocycles. The molecule has 1 aromatic carbocycles. The highest BCUT2D eigenvalue weighted by Gasteiger charge is 2.17. The number of ether oxygens (including phenoxy) is 1. The number of benzene rings is 1. The highest BCUT2D eigenvalue weighted by Crippen LogP contribution is 2.27. The van der Waals surface area contributed by atoms with E-state index >= 15 is 0 Å². The topological polar surface area (TPSA) is 47.3 Å². The predicted molar refractivity (Wildman–Crippen MR) is 86.1 cm³/mol. The smallest absolute Gasteiger partial charge is 0.0968 e. The molecule has 0 bridgehead atoms. The number of aliphatic hydroxyl groups is 1. The van der Waals surface area contributed by atoms with E-state index in [4.69, 9.17) is 4.74 Å². The van der Waals surface area contributed by atoms with E-state index in [0.717, 1.165) is 23.0 Å². The maximum Gasteiger partial charge on any atom is 0.0968 e. The Morgan fingerprint density at radius 2 is 2.10 bits per heavy atom. The van der Waals surface area contributed by atoms with Crippen LogP contribution in [-0.2, 0) is 17.7 Å². The fraction of sp³-hybridized carbons (Fsp3) is 0.438. The summed E-state index contributed by atoms with van der Waals surface area (Å²) in [7, 11) is 1.66. The van der Waals surface area contributed by atoms with Gasteiger partial charge < -0.3 is 9.84 Å². The Bertz CT molecular complexity index is 542. The van der Waals surface area contributed by atoms with Crippen LogP contribution in [-0.4, -0.2) is 28.6 Å². The van der Waals surface area contributed by atoms with Crippen molar-refractivity contribution in [1.29, 1.82) is 0 Å². The van der Waals surface area contributed by atoms with Gasteiger partial charge in [-0.25, -0.2) is 0 Å². The molecule has 0 aliphatic carbocycles. The summed E-state index contributed by atoms with van der Waals surface area (Å²) >= 11 is 3.46. The summed E-state index contributed by atoms with van der Waals surface area (Å²) in [5.41, 5.74) is 2.14. The molecule has 0 saturated heterocycles. The molecule has 114 valence electrons. The van der Waals surface area contributed by atoms with Crippen LogP contribution in [0.5, 0.6) is 0 Å². The van der Waals surface area contributed by atoms with E-state index in [1.165, 1.54) is 5.56 Å². The Kier molecular flexibility index (Phi) is 6.42. The lowest BCUT2D eigenvalue weighted by atomic mass is 10.0. The molecule has 2 rings (SSSR count). The lowest BCUT2D eigenvalue weighted by Gasteiger charge is -2.14. The first-order chi connectivity index (χ1) is 10.2. The third-order valence-corrected chi connectivity index (χ3v) is 4.05. The number of hydrogen-bond donors (Lipinski definition) is 1. The van der Waals surface area contributed by atoms with Gasteiger partial charge in [-0.1, -0.05) is 30.3 Å². The van der Waals surface area contributed by atoms with Crippen LogP contribution in [0.15, 0.2) is 41.0 Å². The van der Waals surface area contributed by atoms with Crippen molar-refractivity contribution in [2.75, 3.05) is 13.7 Å². The van der Waals surface area contributed by atoms with Crippen LogP contribution in [0.1, 0.15) is 30.2 Å². The molecular weight excluding hydrogens is 332 g/mol. The number of aromatic nitrogens is 2. The van der Waals surface area contributed by atoms with E-state index in [1.54, 1.807) is 18.0 Å². The standard InChI is InChI=1S/C16H21BrN2O2/c1-21-11-10-19-16(14(17)12-18-19)15(20)9-5-8-13-6-3-2-4-7-13/h2-4,6-7,12,15,20H,5,8-11H2,1H3. The van der Waals surface area contributed by atoms with Gasteiger partial charge in [0.05, 0.1) is 35.6 Å². The summed E-state index contributed by atoms with van der Waals surface area (Å²) in [6.07, 6.45) is 3.84. The van der Waals surface area contributed by atoms with E-state index in [2.05, 4.69) is 33.2 Å². The minimum Gasteiger partial charge on any atom is -0.387 e. The van der Waals surface area contributed by atoms with Crippen molar-refractivity contribution in [3.63, 3.8) is 0 Å². The van der Waals surface area contributed by atoms with Gasteiger partial charge in [-0.15, -0.1) is 0 Å². The average molecular weight is 353 g/mol. The lowest BCUT2D eigenvalue weighted by Crippen LogP contribution is -2.13. The molecule has 0 amide bonds. The minimum atomic E-state index is -0.512. The molecule has 4 nitrogen and oxygen atoms in total. The van der Waals surface area contributed by atoms with Gasteiger partial charge in [0.1, 0.15) is 0 Å². The Morgan fingerprint density at radius 3 is 2.81 bits per heavy atom. The zero-order valence-corrected chi connectivity index (χ0v) is 13.8. The van der Waals surface area contributed by atoms with E-state index in [1.807, 2.05) is 18.2 Å². The number of halogens is 1. The molecule has 1 atom stereocenters. The molecule has 5 heteroatoms. The molecule has 2 aromatic rings. The Morgan fingerprint density at radius 1 is 1.33 bits per heavy atom. The second kappa shape index (κ2) is 8.32. The van der Waals surface area contributed by atoms with Gasteiger partial charge in [0.15, 0.2) is 0 Å². The van der Waals surface area contributed by atoms with Crippen molar-refractivity contribution in [2.24, 2.45) is 0 Å². The number of aliphatic hydroxyl groups excluding tert-OH is 1. The number of rotatable bonds is 8. The highest BCUT2D eigenvalue weighted by molar-refractivity contribution is 9.10.